The van der Waals surface area contributed by atoms with Crippen molar-refractivity contribution in [1.82, 2.24) is 9.13 Å². The van der Waals surface area contributed by atoms with Gasteiger partial charge in [-0.1, -0.05) is 186 Å². The van der Waals surface area contributed by atoms with Gasteiger partial charge in [-0.05, 0) is 161 Å². The van der Waals surface area contributed by atoms with Gasteiger partial charge in [0.25, 0.3) is 0 Å². The van der Waals surface area contributed by atoms with Gasteiger partial charge in [-0.25, -0.2) is 0 Å². The van der Waals surface area contributed by atoms with E-state index >= 15 is 0 Å². The van der Waals surface area contributed by atoms with Gasteiger partial charge in [0.15, 0.2) is 0 Å². The minimum absolute atomic E-state index is 0.0498. The summed E-state index contributed by atoms with van der Waals surface area (Å²) >= 11 is 0. The van der Waals surface area contributed by atoms with E-state index in [1.165, 1.54) is 143 Å². The van der Waals surface area contributed by atoms with E-state index in [1.54, 1.807) is 15.9 Å². The Balaban J connectivity index is 1.11. The second-order valence-corrected chi connectivity index (χ2v) is 29.3. The fourth-order valence-electron chi connectivity index (χ4n) is 14.2. The van der Waals surface area contributed by atoms with Crippen molar-refractivity contribution >= 4 is 80.4 Å². The van der Waals surface area contributed by atoms with Gasteiger partial charge in [0, 0.05) is 56.0 Å². The minimum atomic E-state index is -2.43. The molecule has 0 fully saturated rings. The van der Waals surface area contributed by atoms with Crippen LogP contribution in [0.1, 0.15) is 101 Å². The predicted molar refractivity (Wildman–Crippen MR) is 324 cm³/mol. The first-order valence-electron chi connectivity index (χ1n) is 28.1. The summed E-state index contributed by atoms with van der Waals surface area (Å²) in [5.74, 6) is 0. The lowest BCUT2D eigenvalue weighted by atomic mass is 9.34. The molecule has 5 heteroatoms. The highest BCUT2D eigenvalue weighted by molar-refractivity contribution is 7.15. The lowest BCUT2D eigenvalue weighted by molar-refractivity contribution is 0.590. The number of fused-ring (bicyclic) bond motifs is 10. The van der Waals surface area contributed by atoms with Gasteiger partial charge >= 0.3 is 0 Å². The summed E-state index contributed by atoms with van der Waals surface area (Å²) in [5.41, 5.74) is 27.0. The van der Waals surface area contributed by atoms with Crippen LogP contribution in [-0.4, -0.2) is 23.9 Å². The Labute approximate surface area is 446 Å². The van der Waals surface area contributed by atoms with Crippen LogP contribution in [0.4, 0.5) is 17.1 Å². The number of hydrogen-bond donors (Lipinski definition) is 0. The number of hydrogen-bond acceptors (Lipinski definition) is 1. The highest BCUT2D eigenvalue weighted by Crippen LogP contribution is 2.50. The molecule has 75 heavy (non-hydrogen) atoms. The lowest BCUT2D eigenvalue weighted by Crippen LogP contribution is -2.78. The van der Waals surface area contributed by atoms with E-state index in [0.29, 0.717) is 0 Å². The molecule has 3 nitrogen and oxygen atoms in total. The van der Waals surface area contributed by atoms with E-state index in [-0.39, 0.29) is 17.5 Å². The molecule has 0 unspecified atom stereocenters. The SMILES string of the molecule is CC(C)(C)c1cc(-c2ccccc2)c(N2c3cc(-n4c5c(c6ccccc64)CCCC5)ccc3B3c4ccc(-n5c6c(c7ccccc75)CCCC6)cc4[Si](C)(C)c4cc(C(C)(C)C)cc2c43)c(-c2ccccc2)c1. The first-order valence-corrected chi connectivity index (χ1v) is 31.1. The highest BCUT2D eigenvalue weighted by Gasteiger charge is 2.48. The summed E-state index contributed by atoms with van der Waals surface area (Å²) in [6, 6.07) is 66.7. The number of anilines is 3. The molecular formula is C70H68BN3Si. The molecule has 8 aromatic carbocycles. The number of para-hydroxylation sites is 2. The van der Waals surface area contributed by atoms with Gasteiger partial charge < -0.3 is 14.0 Å². The fraction of sp³-hybridized carbons (Fsp3) is 0.257. The van der Waals surface area contributed by atoms with E-state index in [1.807, 2.05) is 0 Å². The maximum absolute atomic E-state index is 2.78. The zero-order valence-electron chi connectivity index (χ0n) is 45.2. The maximum Gasteiger partial charge on any atom is 0.246 e. The number of aromatic nitrogens is 2. The molecular weight excluding hydrogens is 922 g/mol. The van der Waals surface area contributed by atoms with Crippen LogP contribution in [0.5, 0.6) is 0 Å². The van der Waals surface area contributed by atoms with Crippen LogP contribution in [0.3, 0.4) is 0 Å². The predicted octanol–water partition coefficient (Wildman–Crippen LogP) is 14.7. The molecule has 0 N–H and O–H groups in total. The van der Waals surface area contributed by atoms with E-state index in [4.69, 9.17) is 0 Å². The number of nitrogens with zero attached hydrogens (tertiary/aromatic N) is 3. The molecule has 0 atom stereocenters. The van der Waals surface area contributed by atoms with Crippen LogP contribution in [0.15, 0.2) is 170 Å². The van der Waals surface area contributed by atoms with Crippen molar-refractivity contribution in [3.8, 4) is 33.6 Å². The summed E-state index contributed by atoms with van der Waals surface area (Å²) in [6.07, 6.45) is 9.49. The molecule has 0 bridgehead atoms. The van der Waals surface area contributed by atoms with Gasteiger partial charge in [-0.2, -0.15) is 0 Å². The molecule has 2 aliphatic heterocycles. The smallest absolute Gasteiger partial charge is 0.246 e. The van der Waals surface area contributed by atoms with Crippen molar-refractivity contribution in [2.75, 3.05) is 4.90 Å². The van der Waals surface area contributed by atoms with Crippen LogP contribution in [0.2, 0.25) is 13.1 Å². The normalized spacial score (nSPS) is 15.6. The molecule has 2 aliphatic carbocycles. The van der Waals surface area contributed by atoms with Crippen molar-refractivity contribution < 1.29 is 0 Å². The van der Waals surface area contributed by atoms with Crippen LogP contribution >= 0.6 is 0 Å². The van der Waals surface area contributed by atoms with Gasteiger partial charge in [0.05, 0.1) is 16.7 Å². The van der Waals surface area contributed by atoms with Gasteiger partial charge in [0.2, 0.25) is 6.71 Å². The maximum atomic E-state index is 2.78. The fourth-order valence-corrected chi connectivity index (χ4v) is 17.4. The van der Waals surface area contributed by atoms with Crippen molar-refractivity contribution in [2.45, 2.75) is 117 Å². The standard InChI is InChI=1S/C70H68BN3Si/c1-69(2,3)47-39-55(45-23-11-9-12-24-45)68(56(40-47)46-25-13-10-14-26-46)74-63-43-49(72-59-31-19-15-27-51(59)52-28-16-20-32-60(52)72)35-37-57(63)71-58-38-36-50(73-61-33-21-17-29-53(61)54-30-18-22-34-62(54)73)44-65(58)75(7,8)66-42-48(70(4,5)6)41-64(74)67(66)71/h9-15,17,19,21,23-27,29,31,33,35-44H,16,18,20,22,28,30,32,34H2,1-8H3. The Morgan fingerprint density at radius 3 is 1.47 bits per heavy atom. The van der Waals surface area contributed by atoms with Gasteiger partial charge in [0.1, 0.15) is 8.07 Å². The van der Waals surface area contributed by atoms with E-state index in [9.17, 15) is 0 Å². The van der Waals surface area contributed by atoms with Crippen molar-refractivity contribution in [3.63, 3.8) is 0 Å². The van der Waals surface area contributed by atoms with E-state index in [2.05, 4.69) is 239 Å². The van der Waals surface area contributed by atoms with Crippen LogP contribution in [0.25, 0.3) is 55.4 Å². The molecule has 4 aliphatic rings. The average molecular weight is 990 g/mol. The Morgan fingerprint density at radius 2 is 0.920 bits per heavy atom. The van der Waals surface area contributed by atoms with Crippen LogP contribution in [-0.2, 0) is 36.5 Å². The third-order valence-electron chi connectivity index (χ3n) is 18.1. The number of aryl methyl sites for hydroxylation is 2. The summed E-state index contributed by atoms with van der Waals surface area (Å²) in [7, 11) is -2.43. The first-order chi connectivity index (χ1) is 36.3. The zero-order valence-corrected chi connectivity index (χ0v) is 46.2. The van der Waals surface area contributed by atoms with Crippen molar-refractivity contribution in [1.29, 1.82) is 0 Å². The Morgan fingerprint density at radius 1 is 0.440 bits per heavy atom. The molecule has 14 rings (SSSR count). The van der Waals surface area contributed by atoms with E-state index < -0.39 is 8.07 Å². The van der Waals surface area contributed by atoms with Crippen molar-refractivity contribution in [2.24, 2.45) is 0 Å². The average Bonchev–Trinajstić information content (AvgIpc) is 3.94. The quantitative estimate of drug-likeness (QED) is 0.157. The van der Waals surface area contributed by atoms with Gasteiger partial charge in [-0.15, -0.1) is 0 Å². The Bertz CT molecular complexity index is 3890. The monoisotopic (exact) mass is 990 g/mol. The minimum Gasteiger partial charge on any atom is -0.313 e. The topological polar surface area (TPSA) is 13.1 Å². The molecule has 0 amide bonds. The second-order valence-electron chi connectivity index (χ2n) is 25.0. The van der Waals surface area contributed by atoms with E-state index in [0.717, 1.165) is 25.7 Å². The summed E-state index contributed by atoms with van der Waals surface area (Å²) in [6.45, 7) is 19.7. The first kappa shape index (κ1) is 46.5. The molecule has 0 saturated heterocycles. The molecule has 0 radical (unpaired) electrons. The number of benzene rings is 8. The Hall–Kier alpha value is -7.08. The summed E-state index contributed by atoms with van der Waals surface area (Å²) in [5, 5.41) is 5.97. The third kappa shape index (κ3) is 7.13. The molecule has 0 spiro atoms. The molecule has 2 aromatic heterocycles. The third-order valence-corrected chi connectivity index (χ3v) is 21.6. The second kappa shape index (κ2) is 17.0. The van der Waals surface area contributed by atoms with Gasteiger partial charge in [-0.3, -0.25) is 0 Å². The molecule has 370 valence electrons. The molecule has 0 saturated carbocycles. The van der Waals surface area contributed by atoms with Crippen LogP contribution in [0, 0.1) is 0 Å². The highest BCUT2D eigenvalue weighted by atomic mass is 28.3. The largest absolute Gasteiger partial charge is 0.313 e. The molecule has 10 aromatic rings. The van der Waals surface area contributed by atoms with Crippen molar-refractivity contribution in [3.05, 3.63) is 203 Å². The zero-order chi connectivity index (χ0) is 51.1. The summed E-state index contributed by atoms with van der Waals surface area (Å²) in [4.78, 5) is 2.78. The summed E-state index contributed by atoms with van der Waals surface area (Å²) < 4.78 is 5.30. The lowest BCUT2D eigenvalue weighted by Gasteiger charge is -2.46. The molecule has 4 heterocycles. The Kier molecular flexibility index (Phi) is 10.5. The van der Waals surface area contributed by atoms with Crippen LogP contribution < -0.4 is 31.7 Å². The number of rotatable bonds is 5.